The Morgan fingerprint density at radius 3 is 2.44 bits per heavy atom. The fourth-order valence-corrected chi connectivity index (χ4v) is 4.81. The fraction of sp³-hybridized carbons (Fsp3) is 0.545. The number of halogens is 4. The van der Waals surface area contributed by atoms with Gasteiger partial charge in [0.05, 0.1) is 6.04 Å². The lowest BCUT2D eigenvalue weighted by molar-refractivity contribution is -0.275. The van der Waals surface area contributed by atoms with Crippen LogP contribution in [0.1, 0.15) is 38.6 Å². The van der Waals surface area contributed by atoms with Crippen LogP contribution in [-0.4, -0.2) is 50.4 Å². The van der Waals surface area contributed by atoms with Gasteiger partial charge in [0.15, 0.2) is 17.4 Å². The maximum Gasteiger partial charge on any atom is 0.573 e. The van der Waals surface area contributed by atoms with Crippen molar-refractivity contribution in [3.05, 3.63) is 29.8 Å². The summed E-state index contributed by atoms with van der Waals surface area (Å²) >= 11 is 0. The molecule has 36 heavy (non-hydrogen) atoms. The minimum absolute atomic E-state index is 0.0360. The van der Waals surface area contributed by atoms with E-state index in [0.717, 1.165) is 38.1 Å². The Hall–Kier alpha value is -3.58. The molecule has 1 N–H and O–H groups in total. The van der Waals surface area contributed by atoms with Crippen LogP contribution in [0.4, 0.5) is 29.5 Å². The third-order valence-electron chi connectivity index (χ3n) is 6.34. The van der Waals surface area contributed by atoms with Gasteiger partial charge < -0.3 is 24.2 Å². The van der Waals surface area contributed by atoms with Crippen LogP contribution in [0.25, 0.3) is 0 Å². The van der Waals surface area contributed by atoms with Gasteiger partial charge in [-0.1, -0.05) is 5.16 Å². The van der Waals surface area contributed by atoms with Gasteiger partial charge in [-0.15, -0.1) is 18.3 Å². The first-order valence-corrected chi connectivity index (χ1v) is 11.6. The van der Waals surface area contributed by atoms with E-state index in [9.17, 15) is 17.6 Å². The Bertz CT molecular complexity index is 1210. The first-order chi connectivity index (χ1) is 17.1. The van der Waals surface area contributed by atoms with Crippen molar-refractivity contribution >= 4 is 12.0 Å². The minimum atomic E-state index is -5.00. The summed E-state index contributed by atoms with van der Waals surface area (Å²) < 4.78 is 67.6. The molecule has 1 aromatic carbocycles. The molecule has 3 aromatic rings. The van der Waals surface area contributed by atoms with Crippen LogP contribution < -0.4 is 19.7 Å². The summed E-state index contributed by atoms with van der Waals surface area (Å²) in [4.78, 5) is 10.9. The van der Waals surface area contributed by atoms with E-state index in [1.54, 1.807) is 6.92 Å². The van der Waals surface area contributed by atoms with Crippen molar-refractivity contribution in [3.8, 4) is 17.5 Å². The van der Waals surface area contributed by atoms with Crippen LogP contribution in [0.15, 0.2) is 22.7 Å². The Labute approximate surface area is 203 Å². The topological polar surface area (TPSA) is 103 Å². The second-order valence-corrected chi connectivity index (χ2v) is 9.30. The summed E-state index contributed by atoms with van der Waals surface area (Å²) in [6.07, 6.45) is -2.93. The van der Waals surface area contributed by atoms with E-state index in [1.165, 1.54) is 10.7 Å². The highest BCUT2D eigenvalue weighted by Gasteiger charge is 2.44. The zero-order valence-electron chi connectivity index (χ0n) is 19.8. The van der Waals surface area contributed by atoms with E-state index in [-0.39, 0.29) is 23.8 Å². The van der Waals surface area contributed by atoms with Crippen LogP contribution in [0.3, 0.4) is 0 Å². The van der Waals surface area contributed by atoms with Gasteiger partial charge in [-0.2, -0.15) is 9.97 Å². The number of piperidine rings is 1. The van der Waals surface area contributed by atoms with Crippen molar-refractivity contribution in [2.24, 2.45) is 11.8 Å². The minimum Gasteiger partial charge on any atom is -0.424 e. The second-order valence-electron chi connectivity index (χ2n) is 9.30. The van der Waals surface area contributed by atoms with Gasteiger partial charge >= 0.3 is 18.4 Å². The molecular formula is C22H25F4N7O3. The Morgan fingerprint density at radius 1 is 1.14 bits per heavy atom. The van der Waals surface area contributed by atoms with Gasteiger partial charge in [-0.05, 0) is 57.6 Å². The zero-order chi connectivity index (χ0) is 25.6. The van der Waals surface area contributed by atoms with Crippen LogP contribution >= 0.6 is 0 Å². The first-order valence-electron chi connectivity index (χ1n) is 11.6. The highest BCUT2D eigenvalue weighted by Crippen LogP contribution is 2.40. The molecule has 1 aliphatic heterocycles. The molecule has 14 heteroatoms. The first kappa shape index (κ1) is 24.1. The quantitative estimate of drug-likeness (QED) is 0.452. The average molecular weight is 511 g/mol. The number of rotatable bonds is 7. The molecule has 0 spiro atoms. The molecule has 10 nitrogen and oxygen atoms in total. The lowest BCUT2D eigenvalue weighted by Gasteiger charge is -2.37. The summed E-state index contributed by atoms with van der Waals surface area (Å²) in [7, 11) is 0. The molecule has 5 rings (SSSR count). The molecule has 1 aliphatic carbocycles. The SMILES string of the molecule is Cc1noc(N2C[C@H]3CC[C@@H](C2)[C@@H]3Nc2nc(Oc3ccc(OC(F)(F)F)c(F)c3)n(C(C)C)n2)n1. The molecule has 0 unspecified atom stereocenters. The third kappa shape index (κ3) is 5.02. The van der Waals surface area contributed by atoms with E-state index in [2.05, 4.69) is 35.2 Å². The molecular weight excluding hydrogens is 486 g/mol. The van der Waals surface area contributed by atoms with Crippen LogP contribution in [0, 0.1) is 24.6 Å². The number of nitrogens with zero attached hydrogens (tertiary/aromatic N) is 6. The van der Waals surface area contributed by atoms with Crippen LogP contribution in [-0.2, 0) is 0 Å². The van der Waals surface area contributed by atoms with E-state index in [1.807, 2.05) is 13.8 Å². The van der Waals surface area contributed by atoms with Crippen LogP contribution in [0.5, 0.6) is 17.5 Å². The zero-order valence-corrected chi connectivity index (χ0v) is 19.8. The highest BCUT2D eigenvalue weighted by molar-refractivity contribution is 5.37. The highest BCUT2D eigenvalue weighted by atomic mass is 19.4. The Kier molecular flexibility index (Phi) is 6.12. The number of hydrogen-bond donors (Lipinski definition) is 1. The number of anilines is 2. The molecule has 194 valence electrons. The number of ether oxygens (including phenoxy) is 2. The number of aromatic nitrogens is 5. The van der Waals surface area contributed by atoms with E-state index < -0.39 is 17.9 Å². The number of hydrogen-bond acceptors (Lipinski definition) is 9. The standard InChI is InChI=1S/C22H25F4N7O3/c1-11(2)33-21(34-15-6-7-17(16(23)8-15)35-22(24,25)26)29-19(30-33)28-18-13-4-5-14(18)10-32(9-13)20-27-12(3)31-36-20/h6-8,11,13-14,18H,4-5,9-10H2,1-3H3,(H,28,30)/t13-,14+,18-. The molecule has 2 fully saturated rings. The normalized spacial score (nSPS) is 21.8. The summed E-state index contributed by atoms with van der Waals surface area (Å²) in [5.74, 6) is -0.593. The maximum atomic E-state index is 14.1. The predicted octanol–water partition coefficient (Wildman–Crippen LogP) is 4.71. The lowest BCUT2D eigenvalue weighted by atomic mass is 9.92. The van der Waals surface area contributed by atoms with Gasteiger partial charge in [-0.25, -0.2) is 9.07 Å². The van der Waals surface area contributed by atoms with E-state index in [0.29, 0.717) is 29.6 Å². The fourth-order valence-electron chi connectivity index (χ4n) is 4.81. The number of alkyl halides is 3. The number of nitrogens with one attached hydrogen (secondary N) is 1. The molecule has 3 atom stereocenters. The average Bonchev–Trinajstić information content (AvgIpc) is 3.45. The predicted molar refractivity (Wildman–Crippen MR) is 118 cm³/mol. The monoisotopic (exact) mass is 511 g/mol. The van der Waals surface area contributed by atoms with E-state index in [4.69, 9.17) is 9.26 Å². The maximum absolute atomic E-state index is 14.1. The number of aryl methyl sites for hydroxylation is 1. The summed E-state index contributed by atoms with van der Waals surface area (Å²) in [5, 5.41) is 11.8. The van der Waals surface area contributed by atoms with Crippen molar-refractivity contribution < 1.29 is 31.6 Å². The molecule has 1 saturated carbocycles. The number of fused-ring (bicyclic) bond motifs is 2. The van der Waals surface area contributed by atoms with Gasteiger partial charge in [0, 0.05) is 25.2 Å². The lowest BCUT2D eigenvalue weighted by Crippen LogP contribution is -2.48. The van der Waals surface area contributed by atoms with Crippen LogP contribution in [0.2, 0.25) is 0 Å². The molecule has 3 heterocycles. The summed E-state index contributed by atoms with van der Waals surface area (Å²) in [6.45, 7) is 7.05. The molecule has 0 amide bonds. The van der Waals surface area contributed by atoms with Crippen molar-refractivity contribution in [1.82, 2.24) is 24.9 Å². The van der Waals surface area contributed by atoms with Gasteiger partial charge in [0.25, 0.3) is 0 Å². The van der Waals surface area contributed by atoms with E-state index >= 15 is 0 Å². The van der Waals surface area contributed by atoms with Gasteiger partial charge in [0.2, 0.25) is 5.95 Å². The smallest absolute Gasteiger partial charge is 0.424 e. The second kappa shape index (κ2) is 9.13. The molecule has 1 saturated heterocycles. The summed E-state index contributed by atoms with van der Waals surface area (Å²) in [5.41, 5.74) is 0. The van der Waals surface area contributed by atoms with Gasteiger partial charge in [0.1, 0.15) is 5.75 Å². The third-order valence-corrected chi connectivity index (χ3v) is 6.34. The number of benzene rings is 1. The molecule has 2 bridgehead atoms. The summed E-state index contributed by atoms with van der Waals surface area (Å²) in [6, 6.07) is 3.44. The van der Waals surface area contributed by atoms with Crippen molar-refractivity contribution in [1.29, 1.82) is 0 Å². The largest absolute Gasteiger partial charge is 0.573 e. The van der Waals surface area contributed by atoms with Gasteiger partial charge in [-0.3, -0.25) is 0 Å². The van der Waals surface area contributed by atoms with Crippen molar-refractivity contribution in [2.75, 3.05) is 23.3 Å². The Morgan fingerprint density at radius 2 is 1.86 bits per heavy atom. The molecule has 2 aliphatic rings. The Balaban J connectivity index is 1.30. The molecule has 0 radical (unpaired) electrons. The van der Waals surface area contributed by atoms with Crippen molar-refractivity contribution in [3.63, 3.8) is 0 Å². The van der Waals surface area contributed by atoms with Crippen molar-refractivity contribution in [2.45, 2.75) is 52.1 Å². The molecule has 2 aromatic heterocycles.